The number of benzene rings is 7. The molecule has 2 heterocycles. The largest absolute Gasteiger partial charge is 0.455 e. The number of hydrogen-bond donors (Lipinski definition) is 0. The van der Waals surface area contributed by atoms with Crippen LogP contribution in [0.15, 0.2) is 174 Å². The van der Waals surface area contributed by atoms with E-state index in [0.29, 0.717) is 5.82 Å². The third kappa shape index (κ3) is 4.75. The molecular weight excluding hydrogens is 609 g/mol. The van der Waals surface area contributed by atoms with E-state index in [4.69, 9.17) is 9.40 Å². The first-order valence-electron chi connectivity index (χ1n) is 17.0. The van der Waals surface area contributed by atoms with E-state index in [1.165, 1.54) is 44.5 Å². The lowest BCUT2D eigenvalue weighted by molar-refractivity contribution is 0.669. The molecule has 1 aliphatic carbocycles. The van der Waals surface area contributed by atoms with Crippen molar-refractivity contribution in [1.29, 1.82) is 0 Å². The third-order valence-corrected chi connectivity index (χ3v) is 10.0. The van der Waals surface area contributed by atoms with Crippen molar-refractivity contribution in [2.45, 2.75) is 6.42 Å². The Kier molecular flexibility index (Phi) is 6.56. The van der Waals surface area contributed by atoms with Crippen molar-refractivity contribution in [3.05, 3.63) is 181 Å². The van der Waals surface area contributed by atoms with Crippen LogP contribution in [-0.2, 0) is 6.42 Å². The van der Waals surface area contributed by atoms with Crippen LogP contribution in [0, 0.1) is 0 Å². The van der Waals surface area contributed by atoms with Crippen LogP contribution in [-0.4, -0.2) is 9.97 Å². The fourth-order valence-electron chi connectivity index (χ4n) is 7.58. The highest BCUT2D eigenvalue weighted by atomic mass is 16.3. The summed E-state index contributed by atoms with van der Waals surface area (Å²) in [6.45, 7) is 0. The number of fused-ring (bicyclic) bond motifs is 6. The minimum atomic E-state index is 0.647. The Morgan fingerprint density at radius 2 is 1.06 bits per heavy atom. The summed E-state index contributed by atoms with van der Waals surface area (Å²) in [6.07, 6.45) is 2.81. The molecule has 0 spiro atoms. The van der Waals surface area contributed by atoms with E-state index in [-0.39, 0.29) is 0 Å². The molecule has 0 amide bonds. The maximum atomic E-state index is 6.28. The Hall–Kier alpha value is -6.58. The molecule has 1 aliphatic rings. The van der Waals surface area contributed by atoms with Crippen molar-refractivity contribution < 1.29 is 4.42 Å². The average Bonchev–Trinajstić information content (AvgIpc) is 3.77. The van der Waals surface area contributed by atoms with E-state index in [0.717, 1.165) is 56.3 Å². The van der Waals surface area contributed by atoms with Gasteiger partial charge in [-0.25, -0.2) is 9.97 Å². The van der Waals surface area contributed by atoms with E-state index in [1.54, 1.807) is 0 Å². The van der Waals surface area contributed by atoms with Crippen LogP contribution in [0.1, 0.15) is 11.1 Å². The van der Waals surface area contributed by atoms with Gasteiger partial charge in [0.2, 0.25) is 0 Å². The molecule has 7 aromatic carbocycles. The Balaban J connectivity index is 0.944. The second kappa shape index (κ2) is 11.5. The fourth-order valence-corrected chi connectivity index (χ4v) is 7.58. The van der Waals surface area contributed by atoms with Gasteiger partial charge in [-0.2, -0.15) is 0 Å². The quantitative estimate of drug-likeness (QED) is 0.188. The Morgan fingerprint density at radius 1 is 0.440 bits per heavy atom. The van der Waals surface area contributed by atoms with Crippen LogP contribution in [0.2, 0.25) is 0 Å². The minimum absolute atomic E-state index is 0.647. The zero-order valence-corrected chi connectivity index (χ0v) is 27.2. The van der Waals surface area contributed by atoms with Crippen molar-refractivity contribution in [1.82, 2.24) is 9.97 Å². The summed E-state index contributed by atoms with van der Waals surface area (Å²) in [5, 5.41) is 2.16. The topological polar surface area (TPSA) is 38.9 Å². The van der Waals surface area contributed by atoms with E-state index >= 15 is 0 Å². The normalized spacial score (nSPS) is 11.9. The third-order valence-electron chi connectivity index (χ3n) is 10.0. The van der Waals surface area contributed by atoms with Gasteiger partial charge in [0, 0.05) is 22.5 Å². The van der Waals surface area contributed by atoms with Crippen LogP contribution in [0.4, 0.5) is 0 Å². The Labute approximate surface area is 290 Å². The first kappa shape index (κ1) is 28.4. The van der Waals surface area contributed by atoms with Gasteiger partial charge in [-0.1, -0.05) is 133 Å². The van der Waals surface area contributed by atoms with Crippen LogP contribution in [0.5, 0.6) is 0 Å². The van der Waals surface area contributed by atoms with Gasteiger partial charge in [0.05, 0.1) is 11.3 Å². The highest BCUT2D eigenvalue weighted by Crippen LogP contribution is 2.42. The molecule has 3 heteroatoms. The van der Waals surface area contributed by atoms with Crippen molar-refractivity contribution in [3.8, 4) is 67.2 Å². The fraction of sp³-hybridized carbons (Fsp3) is 0.0213. The lowest BCUT2D eigenvalue weighted by Crippen LogP contribution is -1.92. The van der Waals surface area contributed by atoms with Crippen LogP contribution >= 0.6 is 0 Å². The summed E-state index contributed by atoms with van der Waals surface area (Å²) in [5.74, 6) is 0.647. The summed E-state index contributed by atoms with van der Waals surface area (Å²) in [6, 6.07) is 58.1. The number of hydrogen-bond acceptors (Lipinski definition) is 3. The summed E-state index contributed by atoms with van der Waals surface area (Å²) in [7, 11) is 0. The van der Waals surface area contributed by atoms with Crippen LogP contribution < -0.4 is 0 Å². The van der Waals surface area contributed by atoms with Crippen LogP contribution in [0.25, 0.3) is 89.1 Å². The molecule has 0 unspecified atom stereocenters. The zero-order chi connectivity index (χ0) is 33.0. The number of rotatable bonds is 5. The minimum Gasteiger partial charge on any atom is -0.455 e. The first-order valence-corrected chi connectivity index (χ1v) is 17.0. The van der Waals surface area contributed by atoms with Crippen molar-refractivity contribution in [2.75, 3.05) is 0 Å². The van der Waals surface area contributed by atoms with Gasteiger partial charge in [-0.05, 0) is 92.4 Å². The molecule has 0 radical (unpaired) electrons. The maximum Gasteiger partial charge on any atom is 0.163 e. The lowest BCUT2D eigenvalue weighted by Gasteiger charge is -2.12. The first-order chi connectivity index (χ1) is 24.8. The molecular formula is C47H30N2O. The summed E-state index contributed by atoms with van der Waals surface area (Å²) < 4.78 is 6.28. The predicted octanol–water partition coefficient (Wildman–Crippen LogP) is 12.3. The van der Waals surface area contributed by atoms with Gasteiger partial charge < -0.3 is 4.42 Å². The van der Waals surface area contributed by atoms with Gasteiger partial charge in [0.25, 0.3) is 0 Å². The van der Waals surface area contributed by atoms with Gasteiger partial charge in [0.1, 0.15) is 11.2 Å². The molecule has 0 N–H and O–H groups in total. The average molecular weight is 639 g/mol. The highest BCUT2D eigenvalue weighted by Gasteiger charge is 2.21. The zero-order valence-electron chi connectivity index (χ0n) is 27.2. The van der Waals surface area contributed by atoms with Gasteiger partial charge >= 0.3 is 0 Å². The molecule has 0 saturated heterocycles. The number of furan rings is 1. The van der Waals surface area contributed by atoms with E-state index in [1.807, 2.05) is 42.6 Å². The second-order valence-electron chi connectivity index (χ2n) is 13.0. The standard InChI is InChI=1S/C47H30N2O/c1-2-14-37-35(9-1)29-43-38(16-7-17-39(37)43)34-12-5-10-32(27-34)30-21-23-31(24-22-30)33-11-6-13-36(28-33)44-25-26-48-47(49-44)42-19-8-18-41-40-15-3-4-20-45(40)50-46(41)42/h1-28H,29H2. The smallest absolute Gasteiger partial charge is 0.163 e. The van der Waals surface area contributed by atoms with Crippen molar-refractivity contribution in [2.24, 2.45) is 0 Å². The molecule has 0 fully saturated rings. The molecule has 2 aromatic heterocycles. The molecule has 10 rings (SSSR count). The van der Waals surface area contributed by atoms with E-state index in [9.17, 15) is 0 Å². The van der Waals surface area contributed by atoms with Crippen molar-refractivity contribution in [3.63, 3.8) is 0 Å². The number of nitrogens with zero attached hydrogens (tertiary/aromatic N) is 2. The van der Waals surface area contributed by atoms with Crippen molar-refractivity contribution >= 4 is 21.9 Å². The Morgan fingerprint density at radius 3 is 1.92 bits per heavy atom. The molecule has 3 nitrogen and oxygen atoms in total. The molecule has 0 aliphatic heterocycles. The SMILES string of the molecule is c1cc(-c2ccc(-c3cccc(-c4cccc5c4Cc4ccccc4-5)c3)cc2)cc(-c2ccnc(-c3cccc4c3oc3ccccc34)n2)c1. The molecule has 50 heavy (non-hydrogen) atoms. The lowest BCUT2D eigenvalue weighted by atomic mass is 9.93. The summed E-state index contributed by atoms with van der Waals surface area (Å²) in [5.41, 5.74) is 17.3. The molecule has 234 valence electrons. The van der Waals surface area contributed by atoms with E-state index in [2.05, 4.69) is 132 Å². The van der Waals surface area contributed by atoms with Gasteiger partial charge in [-0.15, -0.1) is 0 Å². The molecule has 0 saturated carbocycles. The number of aromatic nitrogens is 2. The monoisotopic (exact) mass is 638 g/mol. The molecule has 9 aromatic rings. The van der Waals surface area contributed by atoms with E-state index < -0.39 is 0 Å². The predicted molar refractivity (Wildman–Crippen MR) is 205 cm³/mol. The second-order valence-corrected chi connectivity index (χ2v) is 13.0. The molecule has 0 atom stereocenters. The molecule has 0 bridgehead atoms. The highest BCUT2D eigenvalue weighted by molar-refractivity contribution is 6.09. The number of para-hydroxylation sites is 2. The Bertz CT molecular complexity index is 2740. The summed E-state index contributed by atoms with van der Waals surface area (Å²) >= 11 is 0. The van der Waals surface area contributed by atoms with Gasteiger partial charge in [0.15, 0.2) is 5.82 Å². The summed E-state index contributed by atoms with van der Waals surface area (Å²) in [4.78, 5) is 9.67. The van der Waals surface area contributed by atoms with Crippen LogP contribution in [0.3, 0.4) is 0 Å². The van der Waals surface area contributed by atoms with Gasteiger partial charge in [-0.3, -0.25) is 0 Å². The maximum absolute atomic E-state index is 6.28.